The van der Waals surface area contributed by atoms with Crippen molar-refractivity contribution in [2.24, 2.45) is 5.92 Å². The summed E-state index contributed by atoms with van der Waals surface area (Å²) < 4.78 is 0. The summed E-state index contributed by atoms with van der Waals surface area (Å²) in [4.78, 5) is 10.4. The summed E-state index contributed by atoms with van der Waals surface area (Å²) >= 11 is 0. The largest absolute Gasteiger partial charge is 2.00 e. The maximum Gasteiger partial charge on any atom is 2.00 e. The van der Waals surface area contributed by atoms with Crippen LogP contribution in [0.3, 0.4) is 0 Å². The van der Waals surface area contributed by atoms with Crippen LogP contribution in [-0.2, 0) is 24.3 Å². The Labute approximate surface area is 81.1 Å². The van der Waals surface area contributed by atoms with E-state index in [9.17, 15) is 4.79 Å². The van der Waals surface area contributed by atoms with E-state index in [2.05, 4.69) is 6.92 Å². The molecule has 0 aromatic heterocycles. The molecule has 0 saturated carbocycles. The van der Waals surface area contributed by atoms with Crippen LogP contribution in [0.1, 0.15) is 39.5 Å². The molecule has 0 saturated heterocycles. The number of carboxylic acids is 1. The summed E-state index contributed by atoms with van der Waals surface area (Å²) in [7, 11) is 0. The third kappa shape index (κ3) is 6.49. The average molecular weight is 210 g/mol. The molecular weight excluding hydrogens is 193 g/mol. The predicted molar refractivity (Wildman–Crippen MR) is 40.9 cm³/mol. The van der Waals surface area contributed by atoms with E-state index in [1.807, 2.05) is 6.92 Å². The standard InChI is InChI=1S/C8H16O2.Zn/c1-3-5-6-7(4-2)8(9)10;/h7H,3-6H2,1-2H3,(H,9,10);/q;+2. The van der Waals surface area contributed by atoms with Gasteiger partial charge in [-0.25, -0.2) is 0 Å². The molecule has 0 aromatic rings. The first-order valence-electron chi connectivity index (χ1n) is 3.95. The second-order valence-corrected chi connectivity index (χ2v) is 2.59. The quantitative estimate of drug-likeness (QED) is 0.706. The molecule has 0 amide bonds. The fourth-order valence-corrected chi connectivity index (χ4v) is 0.953. The Morgan fingerprint density at radius 1 is 1.45 bits per heavy atom. The fraction of sp³-hybridized carbons (Fsp3) is 0.875. The van der Waals surface area contributed by atoms with Crippen LogP contribution in [0.15, 0.2) is 0 Å². The molecule has 0 aromatic carbocycles. The molecule has 1 unspecified atom stereocenters. The van der Waals surface area contributed by atoms with Gasteiger partial charge in [-0.15, -0.1) is 0 Å². The van der Waals surface area contributed by atoms with Crippen molar-refractivity contribution in [3.8, 4) is 0 Å². The van der Waals surface area contributed by atoms with Gasteiger partial charge in [-0.2, -0.15) is 0 Å². The van der Waals surface area contributed by atoms with Gasteiger partial charge in [0.25, 0.3) is 0 Å². The van der Waals surface area contributed by atoms with Gasteiger partial charge in [0.1, 0.15) is 0 Å². The zero-order valence-corrected chi connectivity index (χ0v) is 10.4. The van der Waals surface area contributed by atoms with Gasteiger partial charge in [-0.1, -0.05) is 26.7 Å². The van der Waals surface area contributed by atoms with E-state index >= 15 is 0 Å². The first kappa shape index (κ1) is 13.7. The molecule has 0 aliphatic heterocycles. The normalized spacial score (nSPS) is 11.8. The van der Waals surface area contributed by atoms with Gasteiger partial charge in [0.05, 0.1) is 5.92 Å². The van der Waals surface area contributed by atoms with Gasteiger partial charge in [-0.05, 0) is 12.8 Å². The second-order valence-electron chi connectivity index (χ2n) is 2.59. The zero-order valence-electron chi connectivity index (χ0n) is 7.47. The van der Waals surface area contributed by atoms with E-state index in [1.165, 1.54) is 0 Å². The van der Waals surface area contributed by atoms with Crippen molar-refractivity contribution in [1.82, 2.24) is 0 Å². The minimum Gasteiger partial charge on any atom is -0.481 e. The summed E-state index contributed by atoms with van der Waals surface area (Å²) in [5.74, 6) is -0.754. The van der Waals surface area contributed by atoms with Gasteiger partial charge in [-0.3, -0.25) is 4.79 Å². The number of aliphatic carboxylic acids is 1. The van der Waals surface area contributed by atoms with E-state index in [4.69, 9.17) is 5.11 Å². The Kier molecular flexibility index (Phi) is 10.2. The van der Waals surface area contributed by atoms with Crippen molar-refractivity contribution in [2.45, 2.75) is 39.5 Å². The summed E-state index contributed by atoms with van der Waals surface area (Å²) in [5.41, 5.74) is 0. The summed E-state index contributed by atoms with van der Waals surface area (Å²) in [6, 6.07) is 0. The van der Waals surface area contributed by atoms with Crippen LogP contribution in [0.2, 0.25) is 0 Å². The number of rotatable bonds is 5. The molecule has 0 heterocycles. The number of carbonyl (C=O) groups is 1. The molecule has 0 bridgehead atoms. The topological polar surface area (TPSA) is 37.3 Å². The van der Waals surface area contributed by atoms with Crippen LogP contribution in [-0.4, -0.2) is 11.1 Å². The number of unbranched alkanes of at least 4 members (excludes halogenated alkanes) is 1. The van der Waals surface area contributed by atoms with Crippen molar-refractivity contribution in [1.29, 1.82) is 0 Å². The summed E-state index contributed by atoms with van der Waals surface area (Å²) in [5, 5.41) is 8.60. The third-order valence-electron chi connectivity index (χ3n) is 1.75. The molecule has 0 aliphatic carbocycles. The van der Waals surface area contributed by atoms with Crippen LogP contribution >= 0.6 is 0 Å². The van der Waals surface area contributed by atoms with Gasteiger partial charge in [0.2, 0.25) is 0 Å². The van der Waals surface area contributed by atoms with Crippen molar-refractivity contribution in [3.05, 3.63) is 0 Å². The second kappa shape index (κ2) is 8.19. The van der Waals surface area contributed by atoms with Crippen molar-refractivity contribution < 1.29 is 29.4 Å². The molecule has 0 spiro atoms. The fourth-order valence-electron chi connectivity index (χ4n) is 0.953. The first-order valence-corrected chi connectivity index (χ1v) is 3.95. The summed E-state index contributed by atoms with van der Waals surface area (Å²) in [6.07, 6.45) is 3.71. The van der Waals surface area contributed by atoms with Gasteiger partial charge >= 0.3 is 25.4 Å². The molecule has 1 atom stereocenters. The van der Waals surface area contributed by atoms with Crippen molar-refractivity contribution in [3.63, 3.8) is 0 Å². The van der Waals surface area contributed by atoms with Crippen molar-refractivity contribution in [2.75, 3.05) is 0 Å². The molecule has 60 valence electrons. The SMILES string of the molecule is CCCCC(CC)C(=O)O.[Zn+2]. The van der Waals surface area contributed by atoms with Crippen LogP contribution < -0.4 is 0 Å². The molecule has 2 nitrogen and oxygen atoms in total. The van der Waals surface area contributed by atoms with Gasteiger partial charge in [0.15, 0.2) is 0 Å². The minimum absolute atomic E-state index is 0. The van der Waals surface area contributed by atoms with Crippen molar-refractivity contribution >= 4 is 5.97 Å². The van der Waals surface area contributed by atoms with Crippen LogP contribution in [0.5, 0.6) is 0 Å². The molecule has 3 heteroatoms. The molecule has 0 aliphatic rings. The Morgan fingerprint density at radius 2 is 2.00 bits per heavy atom. The molecule has 11 heavy (non-hydrogen) atoms. The molecule has 1 N–H and O–H groups in total. The van der Waals surface area contributed by atoms with Crippen LogP contribution in [0.4, 0.5) is 0 Å². The monoisotopic (exact) mass is 208 g/mol. The van der Waals surface area contributed by atoms with E-state index in [1.54, 1.807) is 0 Å². The average Bonchev–Trinajstić information content (AvgIpc) is 1.89. The Hall–Kier alpha value is 0.0934. The number of carboxylic acid groups (broad SMARTS) is 1. The van der Waals surface area contributed by atoms with Crippen LogP contribution in [0, 0.1) is 5.92 Å². The van der Waals surface area contributed by atoms with E-state index in [0.717, 1.165) is 25.7 Å². The maximum atomic E-state index is 10.4. The third-order valence-corrected chi connectivity index (χ3v) is 1.75. The number of hydrogen-bond donors (Lipinski definition) is 1. The predicted octanol–water partition coefficient (Wildman–Crippen LogP) is 2.28. The summed E-state index contributed by atoms with van der Waals surface area (Å²) in [6.45, 7) is 4.00. The Balaban J connectivity index is 0. The number of hydrogen-bond acceptors (Lipinski definition) is 1. The Morgan fingerprint density at radius 3 is 2.27 bits per heavy atom. The van der Waals surface area contributed by atoms with Gasteiger partial charge < -0.3 is 5.11 Å². The zero-order chi connectivity index (χ0) is 7.98. The molecule has 0 rings (SSSR count). The van der Waals surface area contributed by atoms with Crippen LogP contribution in [0.25, 0.3) is 0 Å². The maximum absolute atomic E-state index is 10.4. The molecule has 0 radical (unpaired) electrons. The smallest absolute Gasteiger partial charge is 0.481 e. The van der Waals surface area contributed by atoms with E-state index in [-0.39, 0.29) is 25.4 Å². The Bertz CT molecular complexity index is 104. The van der Waals surface area contributed by atoms with E-state index in [0.29, 0.717) is 0 Å². The first-order chi connectivity index (χ1) is 4.72. The van der Waals surface area contributed by atoms with Gasteiger partial charge in [0, 0.05) is 0 Å². The van der Waals surface area contributed by atoms with E-state index < -0.39 is 5.97 Å². The molecule has 0 fully saturated rings. The molecular formula is C8H16O2Zn+2. The minimum atomic E-state index is -0.643.